The van der Waals surface area contributed by atoms with Gasteiger partial charge in [0.05, 0.1) is 0 Å². The van der Waals surface area contributed by atoms with E-state index in [4.69, 9.17) is 9.73 Å². The van der Waals surface area contributed by atoms with Gasteiger partial charge in [-0.3, -0.25) is 0 Å². The first-order valence-corrected chi connectivity index (χ1v) is 15.4. The van der Waals surface area contributed by atoms with Gasteiger partial charge in [-0.15, -0.1) is 0 Å². The van der Waals surface area contributed by atoms with Gasteiger partial charge in [0.1, 0.15) is 6.04 Å². The number of benzene rings is 5. The molecular weight excluding hydrogens is 505 g/mol. The van der Waals surface area contributed by atoms with Crippen molar-refractivity contribution >= 4 is 29.7 Å². The summed E-state index contributed by atoms with van der Waals surface area (Å²) in [7, 11) is -0.814. The van der Waals surface area contributed by atoms with Gasteiger partial charge in [0.2, 0.25) is 5.90 Å². The van der Waals surface area contributed by atoms with E-state index in [0.29, 0.717) is 5.92 Å². The van der Waals surface area contributed by atoms with Crippen LogP contribution in [0.15, 0.2) is 151 Å². The van der Waals surface area contributed by atoms with Crippen LogP contribution in [-0.4, -0.2) is 11.9 Å². The van der Waals surface area contributed by atoms with Crippen molar-refractivity contribution in [2.24, 2.45) is 10.9 Å². The lowest BCUT2D eigenvalue weighted by Crippen LogP contribution is -2.40. The summed E-state index contributed by atoms with van der Waals surface area (Å²) in [6.45, 7) is 4.54. The molecule has 6 rings (SSSR count). The van der Waals surface area contributed by atoms with Crippen LogP contribution in [0.4, 0.5) is 0 Å². The second-order valence-corrected chi connectivity index (χ2v) is 12.9. The van der Waals surface area contributed by atoms with Crippen LogP contribution in [0.1, 0.15) is 37.0 Å². The van der Waals surface area contributed by atoms with Crippen LogP contribution in [0.25, 0.3) is 0 Å². The second kappa shape index (κ2) is 11.6. The van der Waals surface area contributed by atoms with Crippen molar-refractivity contribution in [1.82, 2.24) is 0 Å². The van der Waals surface area contributed by atoms with Crippen LogP contribution in [-0.2, 0) is 10.3 Å². The van der Waals surface area contributed by atoms with Gasteiger partial charge in [-0.25, -0.2) is 4.99 Å². The van der Waals surface area contributed by atoms with Gasteiger partial charge in [0.25, 0.3) is 0 Å². The maximum absolute atomic E-state index is 7.24. The monoisotopic (exact) mass is 539 g/mol. The third-order valence-electron chi connectivity index (χ3n) is 7.50. The lowest BCUT2D eigenvalue weighted by Gasteiger charge is -2.35. The lowest BCUT2D eigenvalue weighted by atomic mass is 9.77. The van der Waals surface area contributed by atoms with Gasteiger partial charge in [0, 0.05) is 16.7 Å². The van der Waals surface area contributed by atoms with Crippen LogP contribution >= 0.6 is 7.92 Å². The summed E-state index contributed by atoms with van der Waals surface area (Å²) in [5, 5.41) is 3.88. The number of rotatable bonds is 8. The molecule has 0 unspecified atom stereocenters. The Morgan fingerprint density at radius 2 is 1.07 bits per heavy atom. The predicted molar refractivity (Wildman–Crippen MR) is 170 cm³/mol. The molecule has 0 amide bonds. The third-order valence-corrected chi connectivity index (χ3v) is 10.0. The number of ether oxygens (including phenoxy) is 1. The maximum atomic E-state index is 7.24. The Labute approximate surface area is 239 Å². The molecule has 0 saturated heterocycles. The van der Waals surface area contributed by atoms with Gasteiger partial charge in [-0.05, 0) is 42.2 Å². The molecule has 5 aromatic carbocycles. The zero-order valence-electron chi connectivity index (χ0n) is 23.0. The van der Waals surface area contributed by atoms with Crippen LogP contribution in [0.5, 0.6) is 0 Å². The molecule has 1 atom stereocenters. The third kappa shape index (κ3) is 5.01. The van der Waals surface area contributed by atoms with Crippen molar-refractivity contribution in [2.45, 2.75) is 31.9 Å². The van der Waals surface area contributed by atoms with Gasteiger partial charge < -0.3 is 4.74 Å². The first-order chi connectivity index (χ1) is 19.7. The fourth-order valence-electron chi connectivity index (χ4n) is 5.74. The first kappa shape index (κ1) is 26.2. The van der Waals surface area contributed by atoms with Crippen molar-refractivity contribution in [3.63, 3.8) is 0 Å². The Balaban J connectivity index is 1.54. The fraction of sp³-hybridized carbons (Fsp3) is 0.162. The predicted octanol–water partition coefficient (Wildman–Crippen LogP) is 7.58. The standard InChI is InChI=1S/C37H34NOP/c1-28(2)27-35-37(29-17-7-3-8-18-29,30-19-9-4-10-20-30)39-36(38-35)33-25-15-16-26-34(33)40(31-21-11-5-12-22-31)32-23-13-6-14-24-32/h3-26,28,35H,27H2,1-2H3/t35-/m0/s1. The molecule has 0 aliphatic carbocycles. The average Bonchev–Trinajstić information content (AvgIpc) is 3.39. The molecule has 198 valence electrons. The molecule has 1 heterocycles. The Kier molecular flexibility index (Phi) is 7.62. The highest BCUT2D eigenvalue weighted by molar-refractivity contribution is 7.80. The summed E-state index contributed by atoms with van der Waals surface area (Å²) < 4.78 is 7.24. The van der Waals surface area contributed by atoms with Gasteiger partial charge in [-0.2, -0.15) is 0 Å². The van der Waals surface area contributed by atoms with E-state index in [1.807, 2.05) is 0 Å². The molecule has 2 nitrogen and oxygen atoms in total. The zero-order chi connectivity index (χ0) is 27.4. The van der Waals surface area contributed by atoms with Gasteiger partial charge in [0.15, 0.2) is 5.60 Å². The summed E-state index contributed by atoms with van der Waals surface area (Å²) in [4.78, 5) is 5.44. The van der Waals surface area contributed by atoms with E-state index in [1.165, 1.54) is 15.9 Å². The molecule has 0 radical (unpaired) electrons. The topological polar surface area (TPSA) is 21.6 Å². The Hall–Kier alpha value is -4.00. The summed E-state index contributed by atoms with van der Waals surface area (Å²) in [5.74, 6) is 1.19. The van der Waals surface area contributed by atoms with E-state index in [-0.39, 0.29) is 6.04 Å². The molecule has 0 fully saturated rings. The van der Waals surface area contributed by atoms with Crippen molar-refractivity contribution in [2.75, 3.05) is 0 Å². The SMILES string of the molecule is CC(C)C[C@@H]1N=C(c2ccccc2P(c2ccccc2)c2ccccc2)OC1(c1ccccc1)c1ccccc1. The average molecular weight is 540 g/mol. The molecular formula is C37H34NOP. The normalized spacial score (nSPS) is 16.1. The highest BCUT2D eigenvalue weighted by Gasteiger charge is 2.50. The molecule has 0 N–H and O–H groups in total. The quantitative estimate of drug-likeness (QED) is 0.186. The summed E-state index contributed by atoms with van der Waals surface area (Å²) in [5.41, 5.74) is 2.65. The number of nitrogens with zero attached hydrogens (tertiary/aromatic N) is 1. The van der Waals surface area contributed by atoms with E-state index >= 15 is 0 Å². The molecule has 3 heteroatoms. The molecule has 5 aromatic rings. The van der Waals surface area contributed by atoms with Crippen LogP contribution in [0.3, 0.4) is 0 Å². The van der Waals surface area contributed by atoms with Crippen molar-refractivity contribution in [3.05, 3.63) is 162 Å². The van der Waals surface area contributed by atoms with E-state index < -0.39 is 13.5 Å². The van der Waals surface area contributed by atoms with E-state index in [1.54, 1.807) is 0 Å². The highest BCUT2D eigenvalue weighted by atomic mass is 31.1. The van der Waals surface area contributed by atoms with Gasteiger partial charge in [-0.1, -0.05) is 153 Å². The van der Waals surface area contributed by atoms with E-state index in [2.05, 4.69) is 159 Å². The Bertz CT molecular complexity index is 1490. The molecule has 40 heavy (non-hydrogen) atoms. The zero-order valence-corrected chi connectivity index (χ0v) is 23.9. The van der Waals surface area contributed by atoms with Crippen LogP contribution in [0.2, 0.25) is 0 Å². The van der Waals surface area contributed by atoms with Crippen LogP contribution < -0.4 is 15.9 Å². The number of aliphatic imine (C=N–C) groups is 1. The van der Waals surface area contributed by atoms with Crippen molar-refractivity contribution in [3.8, 4) is 0 Å². The van der Waals surface area contributed by atoms with Crippen LogP contribution in [0, 0.1) is 5.92 Å². The molecule has 1 aliphatic heterocycles. The lowest BCUT2D eigenvalue weighted by molar-refractivity contribution is 0.0902. The summed E-state index contributed by atoms with van der Waals surface area (Å²) in [6.07, 6.45) is 0.918. The van der Waals surface area contributed by atoms with Crippen molar-refractivity contribution in [1.29, 1.82) is 0 Å². The first-order valence-electron chi connectivity index (χ1n) is 14.0. The highest BCUT2D eigenvalue weighted by Crippen LogP contribution is 2.46. The molecule has 0 aromatic heterocycles. The van der Waals surface area contributed by atoms with Gasteiger partial charge >= 0.3 is 0 Å². The number of hydrogen-bond donors (Lipinski definition) is 0. The maximum Gasteiger partial charge on any atom is 0.218 e. The number of hydrogen-bond acceptors (Lipinski definition) is 2. The minimum atomic E-state index is -0.814. The molecule has 0 bridgehead atoms. The largest absolute Gasteiger partial charge is 0.459 e. The summed E-state index contributed by atoms with van der Waals surface area (Å²) >= 11 is 0. The smallest absolute Gasteiger partial charge is 0.218 e. The van der Waals surface area contributed by atoms with Crippen molar-refractivity contribution < 1.29 is 4.74 Å². The minimum absolute atomic E-state index is 0.0555. The molecule has 0 spiro atoms. The second-order valence-electron chi connectivity index (χ2n) is 10.7. The molecule has 0 saturated carbocycles. The minimum Gasteiger partial charge on any atom is -0.459 e. The summed E-state index contributed by atoms with van der Waals surface area (Å²) in [6, 6.07) is 51.6. The fourth-order valence-corrected chi connectivity index (χ4v) is 8.18. The molecule has 1 aliphatic rings. The Morgan fingerprint density at radius 1 is 0.625 bits per heavy atom. The van der Waals surface area contributed by atoms with E-state index in [0.717, 1.165) is 29.0 Å². The Morgan fingerprint density at radius 3 is 1.57 bits per heavy atom. The van der Waals surface area contributed by atoms with E-state index in [9.17, 15) is 0 Å².